The van der Waals surface area contributed by atoms with Gasteiger partial charge in [0.1, 0.15) is 5.82 Å². The Hall–Kier alpha value is -1.46. The maximum absolute atomic E-state index is 13.1. The fraction of sp³-hybridized carbons (Fsp3) is 0.650. The zero-order valence-corrected chi connectivity index (χ0v) is 15.2. The standard InChI is InChI=1S/C20H30FN3O/c1-2-22-14-16-9-12-23(13-10-16)20(25)19-4-3-11-24(19)15-17-5-7-18(21)8-6-17/h5-8,16,19,22H,2-4,9-15H2,1H3. The first-order valence-corrected chi connectivity index (χ1v) is 9.65. The summed E-state index contributed by atoms with van der Waals surface area (Å²) in [6.07, 6.45) is 4.21. The molecule has 0 aliphatic carbocycles. The minimum absolute atomic E-state index is 0.00429. The van der Waals surface area contributed by atoms with Gasteiger partial charge in [0, 0.05) is 19.6 Å². The molecular formula is C20H30FN3O. The van der Waals surface area contributed by atoms with Crippen LogP contribution in [-0.2, 0) is 11.3 Å². The van der Waals surface area contributed by atoms with Crippen LogP contribution in [0.3, 0.4) is 0 Å². The molecule has 2 aliphatic rings. The first kappa shape index (κ1) is 18.3. The largest absolute Gasteiger partial charge is 0.341 e. The molecule has 2 heterocycles. The van der Waals surface area contributed by atoms with Gasteiger partial charge in [-0.15, -0.1) is 0 Å². The number of piperidine rings is 1. The second-order valence-corrected chi connectivity index (χ2v) is 7.33. The zero-order valence-electron chi connectivity index (χ0n) is 15.2. The maximum atomic E-state index is 13.1. The number of rotatable bonds is 6. The summed E-state index contributed by atoms with van der Waals surface area (Å²) in [6, 6.07) is 6.63. The molecule has 3 rings (SSSR count). The van der Waals surface area contributed by atoms with E-state index in [0.717, 1.165) is 70.5 Å². The summed E-state index contributed by atoms with van der Waals surface area (Å²) in [4.78, 5) is 17.3. The van der Waals surface area contributed by atoms with Gasteiger partial charge in [-0.1, -0.05) is 19.1 Å². The molecule has 1 unspecified atom stereocenters. The maximum Gasteiger partial charge on any atom is 0.239 e. The van der Waals surface area contributed by atoms with E-state index in [2.05, 4.69) is 22.0 Å². The van der Waals surface area contributed by atoms with Crippen LogP contribution >= 0.6 is 0 Å². The lowest BCUT2D eigenvalue weighted by Crippen LogP contribution is -2.48. The van der Waals surface area contributed by atoms with Gasteiger partial charge >= 0.3 is 0 Å². The van der Waals surface area contributed by atoms with Crippen molar-refractivity contribution >= 4 is 5.91 Å². The third-order valence-corrected chi connectivity index (χ3v) is 5.56. The minimum Gasteiger partial charge on any atom is -0.341 e. The van der Waals surface area contributed by atoms with Gasteiger partial charge in [0.15, 0.2) is 0 Å². The molecule has 0 radical (unpaired) electrons. The van der Waals surface area contributed by atoms with E-state index < -0.39 is 0 Å². The van der Waals surface area contributed by atoms with Crippen molar-refractivity contribution in [3.8, 4) is 0 Å². The van der Waals surface area contributed by atoms with E-state index in [1.165, 1.54) is 12.1 Å². The summed E-state index contributed by atoms with van der Waals surface area (Å²) in [5, 5.41) is 3.42. The highest BCUT2D eigenvalue weighted by molar-refractivity contribution is 5.82. The lowest BCUT2D eigenvalue weighted by molar-refractivity contribution is -0.137. The van der Waals surface area contributed by atoms with Gasteiger partial charge in [-0.2, -0.15) is 0 Å². The average molecular weight is 347 g/mol. The Kier molecular flexibility index (Phi) is 6.43. The first-order chi connectivity index (χ1) is 12.2. The highest BCUT2D eigenvalue weighted by atomic mass is 19.1. The Bertz CT molecular complexity index is 555. The molecule has 1 aromatic rings. The molecule has 138 valence electrons. The molecule has 0 saturated carbocycles. The number of nitrogens with zero attached hydrogens (tertiary/aromatic N) is 2. The molecule has 2 aliphatic heterocycles. The molecule has 1 atom stereocenters. The molecule has 2 saturated heterocycles. The molecule has 0 aromatic heterocycles. The number of carbonyl (C=O) groups is 1. The Morgan fingerprint density at radius 1 is 1.16 bits per heavy atom. The third kappa shape index (κ3) is 4.79. The van der Waals surface area contributed by atoms with Crippen LogP contribution in [0.15, 0.2) is 24.3 Å². The fourth-order valence-corrected chi connectivity index (χ4v) is 4.04. The number of hydrogen-bond donors (Lipinski definition) is 1. The van der Waals surface area contributed by atoms with Crippen molar-refractivity contribution in [3.05, 3.63) is 35.6 Å². The zero-order chi connectivity index (χ0) is 17.6. The first-order valence-electron chi connectivity index (χ1n) is 9.65. The van der Waals surface area contributed by atoms with Gasteiger partial charge in [-0.05, 0) is 68.9 Å². The smallest absolute Gasteiger partial charge is 0.239 e. The van der Waals surface area contributed by atoms with Crippen molar-refractivity contribution in [2.75, 3.05) is 32.7 Å². The topological polar surface area (TPSA) is 35.6 Å². The van der Waals surface area contributed by atoms with Crippen LogP contribution in [0.4, 0.5) is 4.39 Å². The normalized spacial score (nSPS) is 22.5. The van der Waals surface area contributed by atoms with Crippen LogP contribution < -0.4 is 5.32 Å². The number of nitrogens with one attached hydrogen (secondary N) is 1. The van der Waals surface area contributed by atoms with Gasteiger partial charge in [-0.25, -0.2) is 4.39 Å². The summed E-state index contributed by atoms with van der Waals surface area (Å²) >= 11 is 0. The van der Waals surface area contributed by atoms with E-state index in [1.54, 1.807) is 0 Å². The molecule has 25 heavy (non-hydrogen) atoms. The molecule has 5 heteroatoms. The predicted octanol–water partition coefficient (Wildman–Crippen LogP) is 2.64. The SMILES string of the molecule is CCNCC1CCN(C(=O)C2CCCN2Cc2ccc(F)cc2)CC1. The van der Waals surface area contributed by atoms with Gasteiger partial charge in [0.25, 0.3) is 0 Å². The highest BCUT2D eigenvalue weighted by Gasteiger charge is 2.34. The van der Waals surface area contributed by atoms with Crippen molar-refractivity contribution in [1.29, 1.82) is 0 Å². The Labute approximate surface area is 150 Å². The minimum atomic E-state index is -0.210. The van der Waals surface area contributed by atoms with E-state index in [4.69, 9.17) is 0 Å². The van der Waals surface area contributed by atoms with Gasteiger partial charge in [-0.3, -0.25) is 9.69 Å². The van der Waals surface area contributed by atoms with Crippen molar-refractivity contribution in [1.82, 2.24) is 15.1 Å². The van der Waals surface area contributed by atoms with E-state index in [9.17, 15) is 9.18 Å². The van der Waals surface area contributed by atoms with Crippen LogP contribution in [-0.4, -0.2) is 54.5 Å². The Morgan fingerprint density at radius 3 is 2.56 bits per heavy atom. The second-order valence-electron chi connectivity index (χ2n) is 7.33. The Balaban J connectivity index is 1.53. The summed E-state index contributed by atoms with van der Waals surface area (Å²) < 4.78 is 13.1. The second kappa shape index (κ2) is 8.77. The summed E-state index contributed by atoms with van der Waals surface area (Å²) in [5.41, 5.74) is 1.07. The monoisotopic (exact) mass is 347 g/mol. The van der Waals surface area contributed by atoms with Crippen LogP contribution in [0.2, 0.25) is 0 Å². The Morgan fingerprint density at radius 2 is 1.88 bits per heavy atom. The molecule has 1 aromatic carbocycles. The lowest BCUT2D eigenvalue weighted by atomic mass is 9.96. The van der Waals surface area contributed by atoms with Gasteiger partial charge < -0.3 is 10.2 Å². The number of carbonyl (C=O) groups excluding carboxylic acids is 1. The highest BCUT2D eigenvalue weighted by Crippen LogP contribution is 2.24. The van der Waals surface area contributed by atoms with E-state index >= 15 is 0 Å². The van der Waals surface area contributed by atoms with E-state index in [-0.39, 0.29) is 11.9 Å². The molecule has 4 nitrogen and oxygen atoms in total. The summed E-state index contributed by atoms with van der Waals surface area (Å²) in [6.45, 7) is 7.66. The molecule has 2 fully saturated rings. The number of hydrogen-bond acceptors (Lipinski definition) is 3. The fourth-order valence-electron chi connectivity index (χ4n) is 4.04. The molecule has 1 N–H and O–H groups in total. The van der Waals surface area contributed by atoms with Crippen molar-refractivity contribution < 1.29 is 9.18 Å². The number of likely N-dealkylation sites (tertiary alicyclic amines) is 2. The molecule has 0 spiro atoms. The molecular weight excluding hydrogens is 317 g/mol. The summed E-state index contributed by atoms with van der Waals surface area (Å²) in [7, 11) is 0. The molecule has 0 bridgehead atoms. The predicted molar refractivity (Wildman–Crippen MR) is 97.7 cm³/mol. The number of amides is 1. The van der Waals surface area contributed by atoms with E-state index in [0.29, 0.717) is 11.8 Å². The molecule has 1 amide bonds. The summed E-state index contributed by atoms with van der Waals surface area (Å²) in [5.74, 6) is 0.780. The lowest BCUT2D eigenvalue weighted by Gasteiger charge is -2.35. The van der Waals surface area contributed by atoms with Crippen molar-refractivity contribution in [2.45, 2.75) is 45.2 Å². The van der Waals surface area contributed by atoms with Crippen molar-refractivity contribution in [2.24, 2.45) is 5.92 Å². The van der Waals surface area contributed by atoms with E-state index in [1.807, 2.05) is 12.1 Å². The van der Waals surface area contributed by atoms with Crippen LogP contribution in [0.25, 0.3) is 0 Å². The quantitative estimate of drug-likeness (QED) is 0.859. The third-order valence-electron chi connectivity index (χ3n) is 5.56. The number of halogens is 1. The van der Waals surface area contributed by atoms with Crippen LogP contribution in [0.1, 0.15) is 38.2 Å². The average Bonchev–Trinajstić information content (AvgIpc) is 3.10. The van der Waals surface area contributed by atoms with Crippen LogP contribution in [0.5, 0.6) is 0 Å². The number of benzene rings is 1. The van der Waals surface area contributed by atoms with Gasteiger partial charge in [0.05, 0.1) is 6.04 Å². The van der Waals surface area contributed by atoms with Crippen molar-refractivity contribution in [3.63, 3.8) is 0 Å². The van der Waals surface area contributed by atoms with Gasteiger partial charge in [0.2, 0.25) is 5.91 Å². The van der Waals surface area contributed by atoms with Crippen LogP contribution in [0, 0.1) is 11.7 Å².